The molecule has 134 valence electrons. The summed E-state index contributed by atoms with van der Waals surface area (Å²) in [6.45, 7) is 5.69. The van der Waals surface area contributed by atoms with Crippen molar-refractivity contribution in [3.8, 4) is 0 Å². The summed E-state index contributed by atoms with van der Waals surface area (Å²) in [6.07, 6.45) is -0.572. The highest BCUT2D eigenvalue weighted by molar-refractivity contribution is 5.61. The molecule has 2 rings (SSSR count). The van der Waals surface area contributed by atoms with Crippen molar-refractivity contribution in [3.63, 3.8) is 0 Å². The van der Waals surface area contributed by atoms with Gasteiger partial charge in [-0.15, -0.1) is 0 Å². The molecule has 8 nitrogen and oxygen atoms in total. The number of ether oxygens (including phenoxy) is 1. The third-order valence-electron chi connectivity index (χ3n) is 3.93. The van der Waals surface area contributed by atoms with E-state index in [0.717, 1.165) is 16.6 Å². The first-order valence-electron chi connectivity index (χ1n) is 7.92. The lowest BCUT2D eigenvalue weighted by molar-refractivity contribution is -0.0549. The molecule has 0 saturated carbocycles. The third kappa shape index (κ3) is 3.84. The molecule has 1 aliphatic heterocycles. The number of nitrogen functional groups attached to an aromatic ring is 1. The number of rotatable bonds is 5. The van der Waals surface area contributed by atoms with Crippen LogP contribution < -0.4 is 11.4 Å². The Morgan fingerprint density at radius 2 is 2.12 bits per heavy atom. The molecule has 1 fully saturated rings. The summed E-state index contributed by atoms with van der Waals surface area (Å²) < 4.78 is 6.47. The smallest absolute Gasteiger partial charge is 0.351 e. The van der Waals surface area contributed by atoms with Gasteiger partial charge < -0.3 is 25.8 Å². The topological polar surface area (TPSA) is 131 Å². The van der Waals surface area contributed by atoms with E-state index in [1.807, 2.05) is 13.0 Å². The van der Waals surface area contributed by atoms with Crippen LogP contribution >= 0.6 is 0 Å². The van der Waals surface area contributed by atoms with Gasteiger partial charge in [-0.2, -0.15) is 4.98 Å². The van der Waals surface area contributed by atoms with Crippen LogP contribution in [0.15, 0.2) is 16.6 Å². The normalized spacial score (nSPS) is 27.9. The molecule has 0 bridgehead atoms. The van der Waals surface area contributed by atoms with Crippen molar-refractivity contribution >= 4 is 11.9 Å². The summed E-state index contributed by atoms with van der Waals surface area (Å²) in [5, 5.41) is 29.1. The van der Waals surface area contributed by atoms with Crippen LogP contribution in [0.2, 0.25) is 0 Å². The van der Waals surface area contributed by atoms with Crippen LogP contribution in [0.25, 0.3) is 6.08 Å². The van der Waals surface area contributed by atoms with Crippen molar-refractivity contribution in [1.82, 2.24) is 9.55 Å². The number of hydrogen-bond donors (Lipinski definition) is 4. The second-order valence-corrected chi connectivity index (χ2v) is 6.59. The lowest BCUT2D eigenvalue weighted by Gasteiger charge is -2.18. The van der Waals surface area contributed by atoms with Crippen LogP contribution in [0.3, 0.4) is 0 Å². The van der Waals surface area contributed by atoms with Crippen LogP contribution in [-0.2, 0) is 4.74 Å². The van der Waals surface area contributed by atoms with Gasteiger partial charge in [-0.05, 0) is 19.3 Å². The van der Waals surface area contributed by atoms with E-state index in [0.29, 0.717) is 11.5 Å². The maximum atomic E-state index is 12.1. The molecule has 2 heterocycles. The van der Waals surface area contributed by atoms with Gasteiger partial charge in [-0.25, -0.2) is 4.79 Å². The number of aliphatic hydroxyl groups excluding tert-OH is 3. The minimum absolute atomic E-state index is 0.0890. The summed E-state index contributed by atoms with van der Waals surface area (Å²) >= 11 is 0. The van der Waals surface area contributed by atoms with Gasteiger partial charge in [-0.3, -0.25) is 4.57 Å². The first-order valence-corrected chi connectivity index (χ1v) is 7.92. The maximum absolute atomic E-state index is 12.1. The first-order chi connectivity index (χ1) is 11.2. The van der Waals surface area contributed by atoms with E-state index >= 15 is 0 Å². The van der Waals surface area contributed by atoms with Gasteiger partial charge in [0, 0.05) is 11.8 Å². The van der Waals surface area contributed by atoms with Gasteiger partial charge in [0.05, 0.1) is 6.61 Å². The Labute approximate surface area is 140 Å². The Hall–Kier alpha value is -1.74. The van der Waals surface area contributed by atoms with E-state index in [9.17, 15) is 15.0 Å². The molecule has 0 amide bonds. The van der Waals surface area contributed by atoms with Gasteiger partial charge in [0.15, 0.2) is 6.23 Å². The maximum Gasteiger partial charge on any atom is 0.351 e. The molecule has 0 radical (unpaired) electrons. The van der Waals surface area contributed by atoms with E-state index < -0.39 is 36.8 Å². The SMILES string of the molecule is CC(=Cc1cn([C@@H]2O[C@H](CO)[C@@H](O)[C@@H]2O)c(=O)nc1N)CC(C)C. The molecule has 1 aliphatic rings. The number of nitrogens with zero attached hydrogens (tertiary/aromatic N) is 2. The lowest BCUT2D eigenvalue weighted by Crippen LogP contribution is -2.36. The lowest BCUT2D eigenvalue weighted by atomic mass is 10.0. The molecular formula is C16H25N3O5. The van der Waals surface area contributed by atoms with E-state index in [1.54, 1.807) is 0 Å². The Kier molecular flexibility index (Phi) is 5.76. The number of nitrogens with two attached hydrogens (primary N) is 1. The zero-order chi connectivity index (χ0) is 18.0. The quantitative estimate of drug-likeness (QED) is 0.588. The number of aromatic nitrogens is 2. The number of aliphatic hydroxyl groups is 3. The van der Waals surface area contributed by atoms with Gasteiger partial charge in [0.25, 0.3) is 0 Å². The summed E-state index contributed by atoms with van der Waals surface area (Å²) in [6, 6.07) is 0. The second kappa shape index (κ2) is 7.43. The summed E-state index contributed by atoms with van der Waals surface area (Å²) in [4.78, 5) is 15.9. The van der Waals surface area contributed by atoms with E-state index in [1.165, 1.54) is 6.20 Å². The number of allylic oxidation sites excluding steroid dienone is 1. The third-order valence-corrected chi connectivity index (χ3v) is 3.93. The monoisotopic (exact) mass is 339 g/mol. The van der Waals surface area contributed by atoms with Crippen LogP contribution in [0.1, 0.15) is 39.0 Å². The van der Waals surface area contributed by atoms with Gasteiger partial charge in [0.1, 0.15) is 24.1 Å². The highest BCUT2D eigenvalue weighted by atomic mass is 16.6. The highest BCUT2D eigenvalue weighted by Crippen LogP contribution is 2.29. The molecule has 24 heavy (non-hydrogen) atoms. The van der Waals surface area contributed by atoms with Crippen molar-refractivity contribution < 1.29 is 20.1 Å². The molecule has 5 N–H and O–H groups in total. The Morgan fingerprint density at radius 1 is 1.46 bits per heavy atom. The fourth-order valence-electron chi connectivity index (χ4n) is 2.87. The van der Waals surface area contributed by atoms with Crippen molar-refractivity contribution in [1.29, 1.82) is 0 Å². The Morgan fingerprint density at radius 3 is 2.67 bits per heavy atom. The predicted molar refractivity (Wildman–Crippen MR) is 89.0 cm³/mol. The van der Waals surface area contributed by atoms with Crippen molar-refractivity contribution in [2.75, 3.05) is 12.3 Å². The minimum Gasteiger partial charge on any atom is -0.394 e. The molecule has 1 aromatic heterocycles. The molecule has 8 heteroatoms. The van der Waals surface area contributed by atoms with Gasteiger partial charge >= 0.3 is 5.69 Å². The molecule has 0 aromatic carbocycles. The van der Waals surface area contributed by atoms with Crippen molar-refractivity contribution in [3.05, 3.63) is 27.8 Å². The molecule has 1 aromatic rings. The van der Waals surface area contributed by atoms with Crippen molar-refractivity contribution in [2.45, 2.75) is 51.7 Å². The molecule has 0 spiro atoms. The number of hydrogen-bond acceptors (Lipinski definition) is 7. The second-order valence-electron chi connectivity index (χ2n) is 6.59. The Balaban J connectivity index is 2.39. The largest absolute Gasteiger partial charge is 0.394 e. The molecule has 0 unspecified atom stereocenters. The van der Waals surface area contributed by atoms with Crippen molar-refractivity contribution in [2.24, 2.45) is 5.92 Å². The zero-order valence-electron chi connectivity index (χ0n) is 14.1. The molecule has 0 aliphatic carbocycles. The van der Waals surface area contributed by atoms with Crippen LogP contribution in [0, 0.1) is 5.92 Å². The van der Waals surface area contributed by atoms with Crippen LogP contribution in [0.5, 0.6) is 0 Å². The Bertz CT molecular complexity index is 670. The van der Waals surface area contributed by atoms with Crippen LogP contribution in [0.4, 0.5) is 5.82 Å². The molecule has 1 saturated heterocycles. The van der Waals surface area contributed by atoms with E-state index in [4.69, 9.17) is 15.6 Å². The molecule has 4 atom stereocenters. The van der Waals surface area contributed by atoms with E-state index in [-0.39, 0.29) is 5.82 Å². The first kappa shape index (κ1) is 18.6. The van der Waals surface area contributed by atoms with E-state index in [2.05, 4.69) is 18.8 Å². The highest BCUT2D eigenvalue weighted by Gasteiger charge is 2.43. The summed E-state index contributed by atoms with van der Waals surface area (Å²) in [5.74, 6) is 0.563. The summed E-state index contributed by atoms with van der Waals surface area (Å²) in [5.41, 5.74) is 6.74. The zero-order valence-corrected chi connectivity index (χ0v) is 14.1. The fourth-order valence-corrected chi connectivity index (χ4v) is 2.87. The standard InChI is InChI=1S/C16H25N3O5/c1-8(2)4-9(3)5-10-6-19(16(23)18-14(10)17)15-13(22)12(21)11(7-20)24-15/h5-6,8,11-13,15,20-22H,4,7H2,1-3H3,(H2,17,18,23)/t11-,12-,13+,15-/m1/s1. The van der Waals surface area contributed by atoms with Gasteiger partial charge in [-0.1, -0.05) is 25.5 Å². The predicted octanol–water partition coefficient (Wildman–Crippen LogP) is -0.114. The average molecular weight is 339 g/mol. The summed E-state index contributed by atoms with van der Waals surface area (Å²) in [7, 11) is 0. The fraction of sp³-hybridized carbons (Fsp3) is 0.625. The number of anilines is 1. The minimum atomic E-state index is -1.35. The average Bonchev–Trinajstić information content (AvgIpc) is 2.77. The van der Waals surface area contributed by atoms with Gasteiger partial charge in [0.2, 0.25) is 0 Å². The van der Waals surface area contributed by atoms with Crippen LogP contribution in [-0.4, -0.2) is 49.8 Å². The molecular weight excluding hydrogens is 314 g/mol.